The van der Waals surface area contributed by atoms with E-state index < -0.39 is 0 Å². The Morgan fingerprint density at radius 1 is 1.40 bits per heavy atom. The molecule has 78 valence electrons. The van der Waals surface area contributed by atoms with Crippen LogP contribution in [0.3, 0.4) is 0 Å². The van der Waals surface area contributed by atoms with Crippen molar-refractivity contribution in [2.24, 2.45) is 7.05 Å². The molecule has 0 aliphatic heterocycles. The first kappa shape index (κ1) is 10.4. The quantitative estimate of drug-likeness (QED) is 0.836. The third-order valence-electron chi connectivity index (χ3n) is 2.48. The minimum absolute atomic E-state index is 0.259. The second-order valence-corrected chi connectivity index (χ2v) is 4.49. The molecule has 0 radical (unpaired) electrons. The smallest absolute Gasteiger partial charge is 0.139 e. The molecule has 0 bridgehead atoms. The molecule has 0 saturated carbocycles. The molecule has 0 N–H and O–H groups in total. The van der Waals surface area contributed by atoms with E-state index in [-0.39, 0.29) is 5.92 Å². The molecule has 3 nitrogen and oxygen atoms in total. The molecule has 4 heteroatoms. The number of rotatable bonds is 2. The van der Waals surface area contributed by atoms with Gasteiger partial charge in [0.15, 0.2) is 0 Å². The van der Waals surface area contributed by atoms with Crippen LogP contribution in [0.15, 0.2) is 35.1 Å². The molecule has 0 saturated heterocycles. The average Bonchev–Trinajstić information content (AvgIpc) is 2.63. The van der Waals surface area contributed by atoms with Crippen LogP contribution in [-0.2, 0) is 7.05 Å². The van der Waals surface area contributed by atoms with Crippen LogP contribution < -0.4 is 0 Å². The summed E-state index contributed by atoms with van der Waals surface area (Å²) in [7, 11) is 1.96. The number of hydrogen-bond acceptors (Lipinski definition) is 2. The maximum absolute atomic E-state index is 4.12. The summed E-state index contributed by atoms with van der Waals surface area (Å²) >= 11 is 3.47. The minimum atomic E-state index is 0.259. The first-order chi connectivity index (χ1) is 7.18. The Morgan fingerprint density at radius 3 is 2.80 bits per heavy atom. The van der Waals surface area contributed by atoms with Crippen molar-refractivity contribution in [2.45, 2.75) is 12.8 Å². The summed E-state index contributed by atoms with van der Waals surface area (Å²) < 4.78 is 3.04. The van der Waals surface area contributed by atoms with Gasteiger partial charge in [0.05, 0.1) is 0 Å². The average molecular weight is 266 g/mol. The molecule has 0 aliphatic rings. The molecule has 0 amide bonds. The van der Waals surface area contributed by atoms with E-state index in [4.69, 9.17) is 0 Å². The van der Waals surface area contributed by atoms with Gasteiger partial charge in [-0.05, 0) is 17.7 Å². The summed E-state index contributed by atoms with van der Waals surface area (Å²) in [6.07, 6.45) is 1.73. The maximum Gasteiger partial charge on any atom is 0.139 e. The Balaban J connectivity index is 2.36. The maximum atomic E-state index is 4.12. The second kappa shape index (κ2) is 4.14. The lowest BCUT2D eigenvalue weighted by atomic mass is 10.0. The fourth-order valence-corrected chi connectivity index (χ4v) is 2.03. The van der Waals surface area contributed by atoms with Crippen LogP contribution in [0, 0.1) is 0 Å². The SMILES string of the molecule is C[C@@H](c1cccc(Br)c1)c1nncn1C. The first-order valence-electron chi connectivity index (χ1n) is 4.78. The molecule has 15 heavy (non-hydrogen) atoms. The second-order valence-electron chi connectivity index (χ2n) is 3.58. The number of nitrogens with zero attached hydrogens (tertiary/aromatic N) is 3. The molecular formula is C11H12BrN3. The van der Waals surface area contributed by atoms with E-state index >= 15 is 0 Å². The molecule has 0 aliphatic carbocycles. The Labute approximate surface area is 97.3 Å². The van der Waals surface area contributed by atoms with Crippen LogP contribution in [0.4, 0.5) is 0 Å². The van der Waals surface area contributed by atoms with Crippen LogP contribution in [0.2, 0.25) is 0 Å². The summed E-state index contributed by atoms with van der Waals surface area (Å²) in [4.78, 5) is 0. The molecule has 1 aromatic heterocycles. The Kier molecular flexibility index (Phi) is 2.86. The number of halogens is 1. The van der Waals surface area contributed by atoms with Gasteiger partial charge in [0.25, 0.3) is 0 Å². The van der Waals surface area contributed by atoms with Gasteiger partial charge in [0.1, 0.15) is 12.2 Å². The van der Waals surface area contributed by atoms with Crippen molar-refractivity contribution in [3.8, 4) is 0 Å². The van der Waals surface area contributed by atoms with Crippen molar-refractivity contribution >= 4 is 15.9 Å². The third kappa shape index (κ3) is 2.09. The molecule has 0 fully saturated rings. The van der Waals surface area contributed by atoms with Gasteiger partial charge in [-0.25, -0.2) is 0 Å². The van der Waals surface area contributed by atoms with Gasteiger partial charge in [0.2, 0.25) is 0 Å². The van der Waals surface area contributed by atoms with Crippen molar-refractivity contribution in [1.29, 1.82) is 0 Å². The highest BCUT2D eigenvalue weighted by Gasteiger charge is 2.13. The zero-order chi connectivity index (χ0) is 10.8. The normalized spacial score (nSPS) is 12.7. The van der Waals surface area contributed by atoms with Crippen molar-refractivity contribution in [2.75, 3.05) is 0 Å². The molecule has 1 atom stereocenters. The van der Waals surface area contributed by atoms with Crippen LogP contribution >= 0.6 is 15.9 Å². The summed E-state index contributed by atoms with van der Waals surface area (Å²) in [5, 5.41) is 8.01. The first-order valence-corrected chi connectivity index (χ1v) is 5.57. The Morgan fingerprint density at radius 2 is 2.20 bits per heavy atom. The highest BCUT2D eigenvalue weighted by molar-refractivity contribution is 9.10. The summed E-state index contributed by atoms with van der Waals surface area (Å²) in [5.41, 5.74) is 1.24. The van der Waals surface area contributed by atoms with Crippen molar-refractivity contribution in [3.05, 3.63) is 46.5 Å². The summed E-state index contributed by atoms with van der Waals surface area (Å²) in [6, 6.07) is 8.27. The van der Waals surface area contributed by atoms with E-state index in [0.29, 0.717) is 0 Å². The topological polar surface area (TPSA) is 30.7 Å². The highest BCUT2D eigenvalue weighted by atomic mass is 79.9. The molecular weight excluding hydrogens is 254 g/mol. The van der Waals surface area contributed by atoms with E-state index in [1.54, 1.807) is 6.33 Å². The predicted molar refractivity (Wildman–Crippen MR) is 62.7 cm³/mol. The van der Waals surface area contributed by atoms with E-state index in [1.807, 2.05) is 23.7 Å². The lowest BCUT2D eigenvalue weighted by Gasteiger charge is -2.10. The van der Waals surface area contributed by atoms with Crippen molar-refractivity contribution in [3.63, 3.8) is 0 Å². The zero-order valence-electron chi connectivity index (χ0n) is 8.68. The lowest BCUT2D eigenvalue weighted by Crippen LogP contribution is -2.04. The number of benzene rings is 1. The fourth-order valence-electron chi connectivity index (χ4n) is 1.61. The molecule has 1 heterocycles. The van der Waals surface area contributed by atoms with Crippen LogP contribution in [0.1, 0.15) is 24.2 Å². The standard InChI is InChI=1S/C11H12BrN3/c1-8(11-14-13-7-15(11)2)9-4-3-5-10(12)6-9/h3-8H,1-2H3/t8-/m0/s1. The van der Waals surface area contributed by atoms with Gasteiger partial charge in [-0.15, -0.1) is 10.2 Å². The van der Waals surface area contributed by atoms with Gasteiger partial charge in [-0.3, -0.25) is 0 Å². The lowest BCUT2D eigenvalue weighted by molar-refractivity contribution is 0.737. The number of hydrogen-bond donors (Lipinski definition) is 0. The molecule has 1 aromatic carbocycles. The predicted octanol–water partition coefficient (Wildman–Crippen LogP) is 2.73. The number of aryl methyl sites for hydroxylation is 1. The van der Waals surface area contributed by atoms with Gasteiger partial charge in [-0.2, -0.15) is 0 Å². The van der Waals surface area contributed by atoms with Gasteiger partial charge >= 0.3 is 0 Å². The monoisotopic (exact) mass is 265 g/mol. The Bertz CT molecular complexity index is 464. The minimum Gasteiger partial charge on any atom is -0.320 e. The van der Waals surface area contributed by atoms with Crippen LogP contribution in [0.5, 0.6) is 0 Å². The third-order valence-corrected chi connectivity index (χ3v) is 2.98. The Hall–Kier alpha value is -1.16. The van der Waals surface area contributed by atoms with E-state index in [9.17, 15) is 0 Å². The van der Waals surface area contributed by atoms with E-state index in [0.717, 1.165) is 10.3 Å². The van der Waals surface area contributed by atoms with Crippen LogP contribution in [0.25, 0.3) is 0 Å². The van der Waals surface area contributed by atoms with E-state index in [1.165, 1.54) is 5.56 Å². The van der Waals surface area contributed by atoms with Crippen molar-refractivity contribution in [1.82, 2.24) is 14.8 Å². The molecule has 0 spiro atoms. The fraction of sp³-hybridized carbons (Fsp3) is 0.273. The largest absolute Gasteiger partial charge is 0.320 e. The summed E-state index contributed by atoms with van der Waals surface area (Å²) in [6.45, 7) is 2.13. The highest BCUT2D eigenvalue weighted by Crippen LogP contribution is 2.24. The van der Waals surface area contributed by atoms with E-state index in [2.05, 4.69) is 45.2 Å². The van der Waals surface area contributed by atoms with Gasteiger partial charge < -0.3 is 4.57 Å². The van der Waals surface area contributed by atoms with Crippen LogP contribution in [-0.4, -0.2) is 14.8 Å². The van der Waals surface area contributed by atoms with Gasteiger partial charge in [-0.1, -0.05) is 35.0 Å². The van der Waals surface area contributed by atoms with Gasteiger partial charge in [0, 0.05) is 17.4 Å². The number of aromatic nitrogens is 3. The molecule has 2 rings (SSSR count). The molecule has 2 aromatic rings. The zero-order valence-corrected chi connectivity index (χ0v) is 10.3. The van der Waals surface area contributed by atoms with Crippen molar-refractivity contribution < 1.29 is 0 Å². The molecule has 0 unspecified atom stereocenters. The summed E-state index contributed by atoms with van der Waals surface area (Å²) in [5.74, 6) is 1.24.